The fourth-order valence-corrected chi connectivity index (χ4v) is 2.77. The molecular weight excluding hydrogens is 244 g/mol. The van der Waals surface area contributed by atoms with Gasteiger partial charge in [0.25, 0.3) is 0 Å². The van der Waals surface area contributed by atoms with Crippen molar-refractivity contribution in [1.29, 1.82) is 0 Å². The van der Waals surface area contributed by atoms with Crippen LogP contribution in [0.2, 0.25) is 0 Å². The van der Waals surface area contributed by atoms with Gasteiger partial charge in [0.05, 0.1) is 18.2 Å². The van der Waals surface area contributed by atoms with E-state index < -0.39 is 0 Å². The molecule has 1 aliphatic rings. The number of rotatable bonds is 4. The van der Waals surface area contributed by atoms with Crippen LogP contribution in [0.5, 0.6) is 0 Å². The van der Waals surface area contributed by atoms with Crippen molar-refractivity contribution < 1.29 is 5.11 Å². The second-order valence-corrected chi connectivity index (χ2v) is 5.28. The second-order valence-electron chi connectivity index (χ2n) is 5.28. The first-order valence-corrected chi connectivity index (χ1v) is 6.54. The van der Waals surface area contributed by atoms with Crippen molar-refractivity contribution in [3.8, 4) is 0 Å². The van der Waals surface area contributed by atoms with E-state index in [9.17, 15) is 5.11 Å². The SMILES string of the molecule is Nc1nc(NCC2(CO)CCCC2)c2cn[nH]c2n1. The molecule has 1 saturated carbocycles. The van der Waals surface area contributed by atoms with Crippen LogP contribution in [0.15, 0.2) is 6.20 Å². The molecule has 0 aliphatic heterocycles. The first kappa shape index (κ1) is 12.2. The topological polar surface area (TPSA) is 113 Å². The number of aromatic amines is 1. The Bertz CT molecular complexity index is 575. The number of aromatic nitrogens is 4. The lowest BCUT2D eigenvalue weighted by Gasteiger charge is -2.26. The van der Waals surface area contributed by atoms with E-state index in [0.717, 1.165) is 18.2 Å². The fraction of sp³-hybridized carbons (Fsp3) is 0.583. The van der Waals surface area contributed by atoms with E-state index in [1.165, 1.54) is 12.8 Å². The van der Waals surface area contributed by atoms with Gasteiger partial charge in [-0.15, -0.1) is 0 Å². The molecule has 0 unspecified atom stereocenters. The van der Waals surface area contributed by atoms with Gasteiger partial charge in [0, 0.05) is 12.0 Å². The molecule has 0 spiro atoms. The van der Waals surface area contributed by atoms with Crippen LogP contribution in [-0.4, -0.2) is 38.4 Å². The highest BCUT2D eigenvalue weighted by Crippen LogP contribution is 2.37. The van der Waals surface area contributed by atoms with Crippen molar-refractivity contribution in [2.45, 2.75) is 25.7 Å². The molecular formula is C12H18N6O. The maximum absolute atomic E-state index is 9.61. The van der Waals surface area contributed by atoms with Gasteiger partial charge < -0.3 is 16.2 Å². The van der Waals surface area contributed by atoms with Crippen LogP contribution >= 0.6 is 0 Å². The third-order valence-corrected chi connectivity index (χ3v) is 3.96. The molecule has 5 N–H and O–H groups in total. The number of nitrogen functional groups attached to an aromatic ring is 1. The van der Waals surface area contributed by atoms with Gasteiger partial charge in [0.2, 0.25) is 5.95 Å². The number of nitrogens with two attached hydrogens (primary N) is 1. The predicted octanol–water partition coefficient (Wildman–Crippen LogP) is 0.900. The van der Waals surface area contributed by atoms with Crippen LogP contribution in [0.4, 0.5) is 11.8 Å². The summed E-state index contributed by atoms with van der Waals surface area (Å²) >= 11 is 0. The second kappa shape index (κ2) is 4.65. The van der Waals surface area contributed by atoms with E-state index in [0.29, 0.717) is 18.0 Å². The first-order chi connectivity index (χ1) is 9.22. The van der Waals surface area contributed by atoms with E-state index in [-0.39, 0.29) is 18.0 Å². The van der Waals surface area contributed by atoms with E-state index in [1.54, 1.807) is 6.20 Å². The largest absolute Gasteiger partial charge is 0.396 e. The molecule has 2 aromatic rings. The molecule has 0 bridgehead atoms. The van der Waals surface area contributed by atoms with Crippen LogP contribution in [-0.2, 0) is 0 Å². The molecule has 1 aliphatic carbocycles. The maximum Gasteiger partial charge on any atom is 0.224 e. The number of aliphatic hydroxyl groups excluding tert-OH is 1. The summed E-state index contributed by atoms with van der Waals surface area (Å²) in [6.07, 6.45) is 6.12. The molecule has 0 amide bonds. The predicted molar refractivity (Wildman–Crippen MR) is 72.6 cm³/mol. The lowest BCUT2D eigenvalue weighted by molar-refractivity contribution is 0.142. The third-order valence-electron chi connectivity index (χ3n) is 3.96. The van der Waals surface area contributed by atoms with E-state index >= 15 is 0 Å². The summed E-state index contributed by atoms with van der Waals surface area (Å²) in [4.78, 5) is 8.29. The number of anilines is 2. The molecule has 102 valence electrons. The Hall–Kier alpha value is -1.89. The Kier molecular flexibility index (Phi) is 2.98. The molecule has 0 atom stereocenters. The van der Waals surface area contributed by atoms with E-state index in [1.807, 2.05) is 0 Å². The average Bonchev–Trinajstić information content (AvgIpc) is 3.05. The molecule has 3 rings (SSSR count). The smallest absolute Gasteiger partial charge is 0.224 e. The van der Waals surface area contributed by atoms with Gasteiger partial charge in [-0.25, -0.2) is 0 Å². The van der Waals surface area contributed by atoms with Crippen molar-refractivity contribution in [3.05, 3.63) is 6.20 Å². The summed E-state index contributed by atoms with van der Waals surface area (Å²) in [5.74, 6) is 0.889. The van der Waals surface area contributed by atoms with E-state index in [2.05, 4.69) is 25.5 Å². The summed E-state index contributed by atoms with van der Waals surface area (Å²) < 4.78 is 0. The Morgan fingerprint density at radius 2 is 2.16 bits per heavy atom. The van der Waals surface area contributed by atoms with E-state index in [4.69, 9.17) is 5.73 Å². The van der Waals surface area contributed by atoms with Gasteiger partial charge in [-0.05, 0) is 12.8 Å². The molecule has 19 heavy (non-hydrogen) atoms. The standard InChI is InChI=1S/C12H18N6O/c13-11-16-9(8-5-15-18-10(8)17-11)14-6-12(7-19)3-1-2-4-12/h5,19H,1-4,6-7H2,(H4,13,14,15,16,17,18). The van der Waals surface area contributed by atoms with Crippen molar-refractivity contribution >= 4 is 22.8 Å². The zero-order valence-corrected chi connectivity index (χ0v) is 10.7. The Morgan fingerprint density at radius 3 is 2.89 bits per heavy atom. The number of aliphatic hydroxyl groups is 1. The highest BCUT2D eigenvalue weighted by molar-refractivity contribution is 5.86. The summed E-state index contributed by atoms with van der Waals surface area (Å²) in [5, 5.41) is 20.5. The quantitative estimate of drug-likeness (QED) is 0.651. The van der Waals surface area contributed by atoms with Crippen LogP contribution in [0.1, 0.15) is 25.7 Å². The molecule has 7 nitrogen and oxygen atoms in total. The minimum Gasteiger partial charge on any atom is -0.396 e. The van der Waals surface area contributed by atoms with Crippen LogP contribution in [0.25, 0.3) is 11.0 Å². The zero-order valence-electron chi connectivity index (χ0n) is 10.7. The molecule has 0 radical (unpaired) electrons. The maximum atomic E-state index is 9.61. The van der Waals surface area contributed by atoms with Crippen LogP contribution in [0.3, 0.4) is 0 Å². The first-order valence-electron chi connectivity index (χ1n) is 6.54. The van der Waals surface area contributed by atoms with Crippen molar-refractivity contribution in [2.75, 3.05) is 24.2 Å². The van der Waals surface area contributed by atoms with Gasteiger partial charge in [0.15, 0.2) is 5.65 Å². The zero-order chi connectivity index (χ0) is 13.3. The highest BCUT2D eigenvalue weighted by atomic mass is 16.3. The number of hydrogen-bond acceptors (Lipinski definition) is 6. The minimum atomic E-state index is -0.0320. The monoisotopic (exact) mass is 262 g/mol. The highest BCUT2D eigenvalue weighted by Gasteiger charge is 2.33. The lowest BCUT2D eigenvalue weighted by Crippen LogP contribution is -2.30. The number of nitrogens with one attached hydrogen (secondary N) is 2. The van der Waals surface area contributed by atoms with Crippen molar-refractivity contribution in [3.63, 3.8) is 0 Å². The van der Waals surface area contributed by atoms with Gasteiger partial charge in [0.1, 0.15) is 5.82 Å². The van der Waals surface area contributed by atoms with Crippen molar-refractivity contribution in [2.24, 2.45) is 5.41 Å². The van der Waals surface area contributed by atoms with Gasteiger partial charge >= 0.3 is 0 Å². The van der Waals surface area contributed by atoms with Crippen molar-refractivity contribution in [1.82, 2.24) is 20.2 Å². The normalized spacial score (nSPS) is 17.9. The number of nitrogens with zero attached hydrogens (tertiary/aromatic N) is 3. The van der Waals surface area contributed by atoms with Gasteiger partial charge in [-0.2, -0.15) is 15.1 Å². The number of H-pyrrole nitrogens is 1. The summed E-state index contributed by atoms with van der Waals surface area (Å²) in [7, 11) is 0. The molecule has 2 heterocycles. The summed E-state index contributed by atoms with van der Waals surface area (Å²) in [5.41, 5.74) is 6.27. The Morgan fingerprint density at radius 1 is 1.37 bits per heavy atom. The number of fused-ring (bicyclic) bond motifs is 1. The molecule has 0 aromatic carbocycles. The van der Waals surface area contributed by atoms with Gasteiger partial charge in [-0.1, -0.05) is 12.8 Å². The van der Waals surface area contributed by atoms with Crippen LogP contribution in [0, 0.1) is 5.41 Å². The summed E-state index contributed by atoms with van der Waals surface area (Å²) in [6, 6.07) is 0. The van der Waals surface area contributed by atoms with Crippen LogP contribution < -0.4 is 11.1 Å². The Labute approximate surface area is 110 Å². The average molecular weight is 262 g/mol. The Balaban J connectivity index is 1.83. The van der Waals surface area contributed by atoms with Gasteiger partial charge in [-0.3, -0.25) is 5.10 Å². The lowest BCUT2D eigenvalue weighted by atomic mass is 9.87. The fourth-order valence-electron chi connectivity index (χ4n) is 2.77. The molecule has 7 heteroatoms. The molecule has 2 aromatic heterocycles. The summed E-state index contributed by atoms with van der Waals surface area (Å²) in [6.45, 7) is 0.898. The third kappa shape index (κ3) is 2.21. The molecule has 1 fully saturated rings. The number of hydrogen-bond donors (Lipinski definition) is 4. The molecule has 0 saturated heterocycles. The minimum absolute atomic E-state index is 0.0320.